The van der Waals surface area contributed by atoms with Crippen LogP contribution >= 0.6 is 0 Å². The zero-order valence-corrected chi connectivity index (χ0v) is 11.3. The van der Waals surface area contributed by atoms with E-state index >= 15 is 0 Å². The summed E-state index contributed by atoms with van der Waals surface area (Å²) in [6.45, 7) is 5.40. The number of carbonyl (C=O) groups excluding carboxylic acids is 2. The van der Waals surface area contributed by atoms with Crippen LogP contribution in [0.4, 0.5) is 4.79 Å². The van der Waals surface area contributed by atoms with E-state index in [0.29, 0.717) is 13.0 Å². The maximum absolute atomic E-state index is 12.1. The first-order chi connectivity index (χ1) is 8.21. The highest BCUT2D eigenvalue weighted by Gasteiger charge is 2.62. The summed E-state index contributed by atoms with van der Waals surface area (Å²) in [5.74, 6) is -0.202. The van der Waals surface area contributed by atoms with Crippen LogP contribution in [0.15, 0.2) is 0 Å². The number of aliphatic hydroxyl groups is 1. The van der Waals surface area contributed by atoms with Crippen LogP contribution in [0.3, 0.4) is 0 Å². The molecule has 0 aromatic heterocycles. The Bertz CT molecular complexity index is 390. The number of carbonyl (C=O) groups is 2. The highest BCUT2D eigenvalue weighted by Crippen LogP contribution is 2.40. The second kappa shape index (κ2) is 3.85. The summed E-state index contributed by atoms with van der Waals surface area (Å²) in [5.41, 5.74) is -1.72. The van der Waals surface area contributed by atoms with Gasteiger partial charge in [0.05, 0.1) is 12.6 Å². The van der Waals surface area contributed by atoms with E-state index in [1.807, 2.05) is 0 Å². The molecular formula is C12H20N2O4. The molecule has 2 aliphatic rings. The highest BCUT2D eigenvalue weighted by atomic mass is 16.6. The number of fused-ring (bicyclic) bond motifs is 2. The largest absolute Gasteiger partial charge is 0.444 e. The van der Waals surface area contributed by atoms with Crippen molar-refractivity contribution in [3.05, 3.63) is 0 Å². The number of piperazine rings is 1. The first-order valence-corrected chi connectivity index (χ1v) is 6.10. The van der Waals surface area contributed by atoms with Gasteiger partial charge in [0.15, 0.2) is 0 Å². The van der Waals surface area contributed by atoms with E-state index in [1.54, 1.807) is 32.7 Å². The predicted molar refractivity (Wildman–Crippen MR) is 63.9 cm³/mol. The number of likely N-dealkylation sites (N-methyl/N-ethyl adjacent to an activating group) is 1. The Kier molecular flexibility index (Phi) is 2.81. The lowest BCUT2D eigenvalue weighted by atomic mass is 9.99. The van der Waals surface area contributed by atoms with E-state index in [2.05, 4.69) is 0 Å². The molecule has 6 nitrogen and oxygen atoms in total. The van der Waals surface area contributed by atoms with Crippen molar-refractivity contribution in [1.82, 2.24) is 9.80 Å². The number of likely N-dealkylation sites (tertiary alicyclic amines) is 2. The highest BCUT2D eigenvalue weighted by molar-refractivity contribution is 5.94. The molecule has 18 heavy (non-hydrogen) atoms. The summed E-state index contributed by atoms with van der Waals surface area (Å²) in [6.07, 6.45) is -0.0431. The standard InChI is InChI=1S/C12H20N2O4/c1-11(2,3)18-10(17)14-6-8-5-12(14,7-15)9(16)13(8)4/h8,15H,5-7H2,1-4H3/t8-,12+/m0/s1. The van der Waals surface area contributed by atoms with Gasteiger partial charge in [0, 0.05) is 20.0 Å². The summed E-state index contributed by atoms with van der Waals surface area (Å²) < 4.78 is 5.29. The molecule has 0 spiro atoms. The fourth-order valence-electron chi connectivity index (χ4n) is 2.69. The van der Waals surface area contributed by atoms with Crippen LogP contribution in [0.1, 0.15) is 27.2 Å². The molecule has 0 saturated carbocycles. The molecule has 2 heterocycles. The van der Waals surface area contributed by atoms with Gasteiger partial charge in [0.2, 0.25) is 0 Å². The summed E-state index contributed by atoms with van der Waals surface area (Å²) in [4.78, 5) is 27.2. The third-order valence-corrected chi connectivity index (χ3v) is 3.62. The minimum absolute atomic E-state index is 0.0165. The first-order valence-electron chi connectivity index (χ1n) is 6.10. The number of ether oxygens (including phenoxy) is 1. The normalized spacial score (nSPS) is 31.2. The van der Waals surface area contributed by atoms with E-state index in [4.69, 9.17) is 4.74 Å². The smallest absolute Gasteiger partial charge is 0.411 e. The summed E-state index contributed by atoms with van der Waals surface area (Å²) in [5, 5.41) is 9.55. The molecule has 2 atom stereocenters. The van der Waals surface area contributed by atoms with Gasteiger partial charge < -0.3 is 14.7 Å². The Hall–Kier alpha value is -1.30. The van der Waals surface area contributed by atoms with Crippen molar-refractivity contribution in [2.75, 3.05) is 20.2 Å². The summed E-state index contributed by atoms with van der Waals surface area (Å²) >= 11 is 0. The molecule has 102 valence electrons. The number of hydrogen-bond donors (Lipinski definition) is 1. The summed E-state index contributed by atoms with van der Waals surface area (Å²) in [6, 6.07) is -0.0165. The molecule has 2 bridgehead atoms. The Morgan fingerprint density at radius 1 is 1.56 bits per heavy atom. The van der Waals surface area contributed by atoms with Crippen molar-refractivity contribution in [3.8, 4) is 0 Å². The van der Waals surface area contributed by atoms with Gasteiger partial charge in [-0.2, -0.15) is 0 Å². The molecular weight excluding hydrogens is 236 g/mol. The third-order valence-electron chi connectivity index (χ3n) is 3.62. The quantitative estimate of drug-likeness (QED) is 0.727. The molecule has 2 saturated heterocycles. The Morgan fingerprint density at radius 3 is 2.61 bits per heavy atom. The molecule has 6 heteroatoms. The maximum Gasteiger partial charge on any atom is 0.411 e. The van der Waals surface area contributed by atoms with Crippen LogP contribution in [0.2, 0.25) is 0 Å². The molecule has 0 aromatic rings. The van der Waals surface area contributed by atoms with Crippen molar-refractivity contribution in [2.45, 2.75) is 44.4 Å². The van der Waals surface area contributed by atoms with E-state index in [1.165, 1.54) is 4.90 Å². The molecule has 2 rings (SSSR count). The number of aliphatic hydroxyl groups excluding tert-OH is 1. The maximum atomic E-state index is 12.1. The van der Waals surface area contributed by atoms with Gasteiger partial charge >= 0.3 is 6.09 Å². The van der Waals surface area contributed by atoms with Gasteiger partial charge in [-0.05, 0) is 20.8 Å². The van der Waals surface area contributed by atoms with Gasteiger partial charge in [-0.25, -0.2) is 4.79 Å². The third kappa shape index (κ3) is 1.75. The van der Waals surface area contributed by atoms with Crippen LogP contribution in [0.25, 0.3) is 0 Å². The first kappa shape index (κ1) is 13.1. The second-order valence-corrected chi connectivity index (χ2v) is 6.05. The topological polar surface area (TPSA) is 70.1 Å². The zero-order chi connectivity index (χ0) is 13.7. The average molecular weight is 256 g/mol. The molecule has 0 radical (unpaired) electrons. The summed E-state index contributed by atoms with van der Waals surface area (Å²) in [7, 11) is 1.71. The minimum Gasteiger partial charge on any atom is -0.444 e. The van der Waals surface area contributed by atoms with Gasteiger partial charge in [-0.15, -0.1) is 0 Å². The van der Waals surface area contributed by atoms with Crippen LogP contribution in [-0.2, 0) is 9.53 Å². The molecule has 2 aliphatic heterocycles. The monoisotopic (exact) mass is 256 g/mol. The van der Waals surface area contributed by atoms with Gasteiger partial charge in [0.25, 0.3) is 5.91 Å². The number of nitrogens with zero attached hydrogens (tertiary/aromatic N) is 2. The SMILES string of the molecule is CN1C(=O)[C@]2(CO)C[C@H]1CN2C(=O)OC(C)(C)C. The van der Waals surface area contributed by atoms with Gasteiger partial charge in [-0.1, -0.05) is 0 Å². The Labute approximate surface area is 106 Å². The van der Waals surface area contributed by atoms with Crippen molar-refractivity contribution in [3.63, 3.8) is 0 Å². The van der Waals surface area contributed by atoms with Crippen molar-refractivity contribution in [1.29, 1.82) is 0 Å². The lowest BCUT2D eigenvalue weighted by Gasteiger charge is -2.39. The van der Waals surface area contributed by atoms with Crippen LogP contribution < -0.4 is 0 Å². The fourth-order valence-corrected chi connectivity index (χ4v) is 2.69. The Balaban J connectivity index is 2.22. The molecule has 2 amide bonds. The number of rotatable bonds is 1. The van der Waals surface area contributed by atoms with Crippen molar-refractivity contribution in [2.24, 2.45) is 0 Å². The van der Waals surface area contributed by atoms with E-state index in [0.717, 1.165) is 0 Å². The Morgan fingerprint density at radius 2 is 2.17 bits per heavy atom. The number of hydrogen-bond acceptors (Lipinski definition) is 4. The molecule has 0 unspecified atom stereocenters. The average Bonchev–Trinajstić information content (AvgIpc) is 2.74. The van der Waals surface area contributed by atoms with Crippen LogP contribution in [-0.4, -0.2) is 64.3 Å². The lowest BCUT2D eigenvalue weighted by molar-refractivity contribution is -0.143. The second-order valence-electron chi connectivity index (χ2n) is 6.05. The molecule has 0 aliphatic carbocycles. The van der Waals surface area contributed by atoms with E-state index < -0.39 is 17.2 Å². The van der Waals surface area contributed by atoms with E-state index in [9.17, 15) is 14.7 Å². The van der Waals surface area contributed by atoms with Crippen LogP contribution in [0.5, 0.6) is 0 Å². The van der Waals surface area contributed by atoms with Gasteiger partial charge in [0.1, 0.15) is 11.1 Å². The van der Waals surface area contributed by atoms with Crippen molar-refractivity contribution < 1.29 is 19.4 Å². The molecule has 1 N–H and O–H groups in total. The number of amides is 2. The van der Waals surface area contributed by atoms with E-state index in [-0.39, 0.29) is 18.6 Å². The zero-order valence-electron chi connectivity index (χ0n) is 11.3. The molecule has 0 aromatic carbocycles. The van der Waals surface area contributed by atoms with Crippen LogP contribution in [0, 0.1) is 0 Å². The fraction of sp³-hybridized carbons (Fsp3) is 0.833. The van der Waals surface area contributed by atoms with Crippen molar-refractivity contribution >= 4 is 12.0 Å². The lowest BCUT2D eigenvalue weighted by Crippen LogP contribution is -2.61. The van der Waals surface area contributed by atoms with Gasteiger partial charge in [-0.3, -0.25) is 9.69 Å². The predicted octanol–water partition coefficient (Wildman–Crippen LogP) is 0.199. The minimum atomic E-state index is -1.11. The molecule has 2 fully saturated rings.